The second-order valence-corrected chi connectivity index (χ2v) is 5.85. The summed E-state index contributed by atoms with van der Waals surface area (Å²) in [5, 5.41) is 2.68. The van der Waals surface area contributed by atoms with Gasteiger partial charge in [-0.3, -0.25) is 9.59 Å². The Labute approximate surface area is 115 Å². The third-order valence-corrected chi connectivity index (χ3v) is 4.03. The zero-order chi connectivity index (χ0) is 14.6. The first kappa shape index (κ1) is 16.0. The molecule has 0 aromatic carbocycles. The second-order valence-electron chi connectivity index (χ2n) is 5.85. The fraction of sp³-hybridized carbons (Fsp3) is 0.857. The molecule has 5 nitrogen and oxygen atoms in total. The largest absolute Gasteiger partial charge is 0.379 e. The molecular formula is C14H26N2O3. The van der Waals surface area contributed by atoms with Gasteiger partial charge in [0.2, 0.25) is 11.8 Å². The quantitative estimate of drug-likeness (QED) is 0.788. The SMILES string of the molecule is CCC(C)C1C(=O)NCC(=O)N1CCC(C)(C)OC. The van der Waals surface area contributed by atoms with Crippen LogP contribution in [0, 0.1) is 5.92 Å². The van der Waals surface area contributed by atoms with E-state index < -0.39 is 0 Å². The van der Waals surface area contributed by atoms with Crippen LogP contribution in [0.4, 0.5) is 0 Å². The van der Waals surface area contributed by atoms with E-state index in [1.165, 1.54) is 0 Å². The molecule has 5 heteroatoms. The predicted octanol–water partition coefficient (Wildman–Crippen LogP) is 1.17. The van der Waals surface area contributed by atoms with Gasteiger partial charge >= 0.3 is 0 Å². The molecule has 1 aliphatic rings. The lowest BCUT2D eigenvalue weighted by atomic mass is 9.94. The zero-order valence-electron chi connectivity index (χ0n) is 12.7. The molecule has 2 atom stereocenters. The van der Waals surface area contributed by atoms with Gasteiger partial charge in [-0.1, -0.05) is 20.3 Å². The normalized spacial score (nSPS) is 22.4. The van der Waals surface area contributed by atoms with Gasteiger partial charge in [-0.2, -0.15) is 0 Å². The molecule has 0 saturated carbocycles. The van der Waals surface area contributed by atoms with E-state index in [-0.39, 0.29) is 35.9 Å². The number of rotatable bonds is 6. The summed E-state index contributed by atoms with van der Waals surface area (Å²) in [4.78, 5) is 25.8. The maximum atomic E-state index is 12.0. The van der Waals surface area contributed by atoms with Gasteiger partial charge in [0.15, 0.2) is 0 Å². The smallest absolute Gasteiger partial charge is 0.243 e. The highest BCUT2D eigenvalue weighted by Gasteiger charge is 2.37. The lowest BCUT2D eigenvalue weighted by Crippen LogP contribution is -2.61. The molecule has 1 heterocycles. The Morgan fingerprint density at radius 3 is 2.63 bits per heavy atom. The van der Waals surface area contributed by atoms with Crippen LogP contribution in [0.5, 0.6) is 0 Å². The predicted molar refractivity (Wildman–Crippen MR) is 73.7 cm³/mol. The van der Waals surface area contributed by atoms with Gasteiger partial charge in [0.25, 0.3) is 0 Å². The summed E-state index contributed by atoms with van der Waals surface area (Å²) in [6.07, 6.45) is 1.59. The van der Waals surface area contributed by atoms with Crippen molar-refractivity contribution in [3.05, 3.63) is 0 Å². The van der Waals surface area contributed by atoms with Gasteiger partial charge in [0, 0.05) is 13.7 Å². The van der Waals surface area contributed by atoms with Gasteiger partial charge in [-0.05, 0) is 26.2 Å². The third kappa shape index (κ3) is 3.93. The van der Waals surface area contributed by atoms with Gasteiger partial charge in [-0.25, -0.2) is 0 Å². The van der Waals surface area contributed by atoms with Crippen molar-refractivity contribution in [2.24, 2.45) is 5.92 Å². The van der Waals surface area contributed by atoms with Crippen molar-refractivity contribution < 1.29 is 14.3 Å². The summed E-state index contributed by atoms with van der Waals surface area (Å²) >= 11 is 0. The summed E-state index contributed by atoms with van der Waals surface area (Å²) in [6, 6.07) is -0.348. The van der Waals surface area contributed by atoms with Crippen LogP contribution in [0.1, 0.15) is 40.5 Å². The molecule has 1 N–H and O–H groups in total. The molecule has 1 aliphatic heterocycles. The molecular weight excluding hydrogens is 244 g/mol. The van der Waals surface area contributed by atoms with Crippen molar-refractivity contribution in [3.63, 3.8) is 0 Å². The van der Waals surface area contributed by atoms with E-state index in [1.54, 1.807) is 12.0 Å². The Hall–Kier alpha value is -1.10. The van der Waals surface area contributed by atoms with Crippen molar-refractivity contribution in [1.29, 1.82) is 0 Å². The van der Waals surface area contributed by atoms with Gasteiger partial charge in [-0.15, -0.1) is 0 Å². The molecule has 0 aromatic rings. The number of nitrogens with one attached hydrogen (secondary N) is 1. The fourth-order valence-electron chi connectivity index (χ4n) is 2.21. The first-order valence-electron chi connectivity index (χ1n) is 6.94. The molecule has 110 valence electrons. The number of piperazine rings is 1. The minimum atomic E-state index is -0.348. The van der Waals surface area contributed by atoms with E-state index in [0.717, 1.165) is 12.8 Å². The van der Waals surface area contributed by atoms with E-state index in [2.05, 4.69) is 5.32 Å². The molecule has 1 fully saturated rings. The van der Waals surface area contributed by atoms with Crippen LogP contribution in [0.25, 0.3) is 0 Å². The maximum Gasteiger partial charge on any atom is 0.243 e. The van der Waals surface area contributed by atoms with Crippen LogP contribution in [-0.4, -0.2) is 48.6 Å². The highest BCUT2D eigenvalue weighted by Crippen LogP contribution is 2.21. The molecule has 0 aromatic heterocycles. The summed E-state index contributed by atoms with van der Waals surface area (Å²) in [5.41, 5.74) is -0.284. The number of carbonyl (C=O) groups is 2. The average Bonchev–Trinajstić information content (AvgIpc) is 2.38. The van der Waals surface area contributed by atoms with Crippen LogP contribution < -0.4 is 5.32 Å². The number of nitrogens with zero attached hydrogens (tertiary/aromatic N) is 1. The van der Waals surface area contributed by atoms with E-state index in [9.17, 15) is 9.59 Å². The van der Waals surface area contributed by atoms with Crippen LogP contribution in [-0.2, 0) is 14.3 Å². The van der Waals surface area contributed by atoms with Crippen molar-refractivity contribution in [2.45, 2.75) is 52.2 Å². The first-order valence-corrected chi connectivity index (χ1v) is 6.94. The first-order chi connectivity index (χ1) is 8.82. The zero-order valence-corrected chi connectivity index (χ0v) is 12.7. The Balaban J connectivity index is 2.79. The van der Waals surface area contributed by atoms with Crippen molar-refractivity contribution in [2.75, 3.05) is 20.2 Å². The molecule has 1 saturated heterocycles. The number of methoxy groups -OCH3 is 1. The van der Waals surface area contributed by atoms with E-state index >= 15 is 0 Å². The Bertz CT molecular complexity index is 342. The molecule has 2 unspecified atom stereocenters. The van der Waals surface area contributed by atoms with E-state index in [0.29, 0.717) is 6.54 Å². The Kier molecular flexibility index (Phi) is 5.35. The number of amides is 2. The lowest BCUT2D eigenvalue weighted by molar-refractivity contribution is -0.148. The summed E-state index contributed by atoms with van der Waals surface area (Å²) < 4.78 is 5.37. The topological polar surface area (TPSA) is 58.6 Å². The highest BCUT2D eigenvalue weighted by molar-refractivity contribution is 5.95. The third-order valence-electron chi connectivity index (χ3n) is 4.03. The molecule has 0 aliphatic carbocycles. The van der Waals surface area contributed by atoms with Crippen LogP contribution in [0.15, 0.2) is 0 Å². The lowest BCUT2D eigenvalue weighted by Gasteiger charge is -2.39. The van der Waals surface area contributed by atoms with Gasteiger partial charge < -0.3 is 15.0 Å². The number of carbonyl (C=O) groups excluding carboxylic acids is 2. The highest BCUT2D eigenvalue weighted by atomic mass is 16.5. The van der Waals surface area contributed by atoms with Crippen molar-refractivity contribution >= 4 is 11.8 Å². The van der Waals surface area contributed by atoms with Crippen LogP contribution in [0.3, 0.4) is 0 Å². The fourth-order valence-corrected chi connectivity index (χ4v) is 2.21. The molecule has 2 amide bonds. The van der Waals surface area contributed by atoms with Crippen molar-refractivity contribution in [1.82, 2.24) is 10.2 Å². The monoisotopic (exact) mass is 270 g/mol. The number of hydrogen-bond acceptors (Lipinski definition) is 3. The number of hydrogen-bond donors (Lipinski definition) is 1. The molecule has 1 rings (SSSR count). The minimum absolute atomic E-state index is 0.00296. The Morgan fingerprint density at radius 2 is 2.11 bits per heavy atom. The molecule has 0 spiro atoms. The second kappa shape index (κ2) is 6.37. The van der Waals surface area contributed by atoms with E-state index in [4.69, 9.17) is 4.74 Å². The van der Waals surface area contributed by atoms with Crippen LogP contribution >= 0.6 is 0 Å². The Morgan fingerprint density at radius 1 is 1.47 bits per heavy atom. The summed E-state index contributed by atoms with van der Waals surface area (Å²) in [6.45, 7) is 8.69. The van der Waals surface area contributed by atoms with Crippen LogP contribution in [0.2, 0.25) is 0 Å². The summed E-state index contributed by atoms with van der Waals surface area (Å²) in [7, 11) is 1.66. The molecule has 0 bridgehead atoms. The maximum absolute atomic E-state index is 12.0. The van der Waals surface area contributed by atoms with Crippen molar-refractivity contribution in [3.8, 4) is 0 Å². The number of ether oxygens (including phenoxy) is 1. The standard InChI is InChI=1S/C14H26N2O3/c1-6-10(2)12-13(18)15-9-11(17)16(12)8-7-14(3,4)19-5/h10,12H,6-9H2,1-5H3,(H,15,18). The molecule has 0 radical (unpaired) electrons. The molecule has 19 heavy (non-hydrogen) atoms. The summed E-state index contributed by atoms with van der Waals surface area (Å²) in [5.74, 6) is 0.121. The minimum Gasteiger partial charge on any atom is -0.379 e. The van der Waals surface area contributed by atoms with E-state index in [1.807, 2.05) is 27.7 Å². The van der Waals surface area contributed by atoms with Gasteiger partial charge in [0.1, 0.15) is 6.04 Å². The average molecular weight is 270 g/mol. The van der Waals surface area contributed by atoms with Gasteiger partial charge in [0.05, 0.1) is 12.1 Å².